The maximum absolute atomic E-state index is 4.93. The Morgan fingerprint density at radius 3 is 2.93 bits per heavy atom. The second-order valence-corrected chi connectivity index (χ2v) is 3.30. The molecule has 0 fully saturated rings. The van der Waals surface area contributed by atoms with E-state index in [4.69, 9.17) is 4.52 Å². The molecule has 0 aliphatic heterocycles. The molecule has 0 saturated carbocycles. The lowest BCUT2D eigenvalue weighted by Gasteiger charge is -2.03. The Labute approximate surface area is 87.5 Å². The van der Waals surface area contributed by atoms with E-state index in [1.54, 1.807) is 13.1 Å². The van der Waals surface area contributed by atoms with Crippen LogP contribution in [0.2, 0.25) is 0 Å². The molecule has 2 rings (SSSR count). The van der Waals surface area contributed by atoms with E-state index in [0.717, 1.165) is 5.56 Å². The molecule has 5 heteroatoms. The van der Waals surface area contributed by atoms with Crippen molar-refractivity contribution in [3.63, 3.8) is 0 Å². The zero-order valence-electron chi connectivity index (χ0n) is 8.69. The zero-order valence-corrected chi connectivity index (χ0v) is 8.69. The number of hydrogen-bond donors (Lipinski definition) is 1. The third-order valence-electron chi connectivity index (χ3n) is 2.11. The molecule has 2 heterocycles. The van der Waals surface area contributed by atoms with Crippen molar-refractivity contribution in [2.75, 3.05) is 5.32 Å². The number of rotatable bonds is 3. The average molecular weight is 204 g/mol. The number of aromatic nitrogens is 3. The first-order valence-electron chi connectivity index (χ1n) is 4.69. The van der Waals surface area contributed by atoms with Crippen LogP contribution >= 0.6 is 0 Å². The summed E-state index contributed by atoms with van der Waals surface area (Å²) in [6.45, 7) is 4.46. The standard InChI is InChI=1S/C10H12N4O/c1-7-3-4-11-5-9(7)6-12-10-13-8(2)14-15-10/h3-5H,6H2,1-2H3,(H,12,13,14). The minimum atomic E-state index is 0.441. The maximum atomic E-state index is 4.93. The molecule has 15 heavy (non-hydrogen) atoms. The quantitative estimate of drug-likeness (QED) is 0.824. The summed E-state index contributed by atoms with van der Waals surface area (Å²) in [7, 11) is 0. The zero-order chi connectivity index (χ0) is 10.7. The van der Waals surface area contributed by atoms with E-state index in [2.05, 4.69) is 20.4 Å². The summed E-state index contributed by atoms with van der Waals surface area (Å²) in [5.74, 6) is 0.625. The van der Waals surface area contributed by atoms with Crippen LogP contribution in [0.5, 0.6) is 0 Å². The van der Waals surface area contributed by atoms with Crippen molar-refractivity contribution >= 4 is 6.01 Å². The van der Waals surface area contributed by atoms with Gasteiger partial charge < -0.3 is 9.84 Å². The average Bonchev–Trinajstić information content (AvgIpc) is 2.63. The summed E-state index contributed by atoms with van der Waals surface area (Å²) in [4.78, 5) is 8.10. The fourth-order valence-electron chi connectivity index (χ4n) is 1.22. The molecule has 2 aromatic heterocycles. The van der Waals surface area contributed by atoms with Crippen molar-refractivity contribution in [2.24, 2.45) is 0 Å². The molecule has 0 atom stereocenters. The van der Waals surface area contributed by atoms with Gasteiger partial charge in [-0.2, -0.15) is 4.98 Å². The number of aryl methyl sites for hydroxylation is 2. The maximum Gasteiger partial charge on any atom is 0.321 e. The van der Waals surface area contributed by atoms with Gasteiger partial charge in [-0.3, -0.25) is 4.98 Å². The van der Waals surface area contributed by atoms with E-state index in [0.29, 0.717) is 18.4 Å². The molecule has 0 aliphatic carbocycles. The van der Waals surface area contributed by atoms with Crippen LogP contribution in [-0.2, 0) is 6.54 Å². The molecule has 0 spiro atoms. The van der Waals surface area contributed by atoms with Gasteiger partial charge in [-0.15, -0.1) is 0 Å². The van der Waals surface area contributed by atoms with Crippen LogP contribution in [0.1, 0.15) is 17.0 Å². The fourth-order valence-corrected chi connectivity index (χ4v) is 1.22. The van der Waals surface area contributed by atoms with Crippen LogP contribution in [0.3, 0.4) is 0 Å². The molecular formula is C10H12N4O. The molecule has 0 saturated heterocycles. The van der Waals surface area contributed by atoms with Crippen molar-refractivity contribution < 1.29 is 4.52 Å². The van der Waals surface area contributed by atoms with Gasteiger partial charge in [-0.25, -0.2) is 0 Å². The molecule has 0 amide bonds. The fraction of sp³-hybridized carbons (Fsp3) is 0.300. The lowest BCUT2D eigenvalue weighted by Crippen LogP contribution is -2.01. The second kappa shape index (κ2) is 4.08. The third-order valence-corrected chi connectivity index (χ3v) is 2.11. The molecule has 78 valence electrons. The molecule has 2 aromatic rings. The highest BCUT2D eigenvalue weighted by atomic mass is 16.5. The Bertz CT molecular complexity index is 452. The van der Waals surface area contributed by atoms with Gasteiger partial charge in [0.25, 0.3) is 0 Å². The molecule has 0 aromatic carbocycles. The molecule has 0 unspecified atom stereocenters. The van der Waals surface area contributed by atoms with Crippen LogP contribution in [0.4, 0.5) is 6.01 Å². The highest BCUT2D eigenvalue weighted by molar-refractivity contribution is 5.27. The molecule has 5 nitrogen and oxygen atoms in total. The van der Waals surface area contributed by atoms with Gasteiger partial charge in [0, 0.05) is 18.9 Å². The normalized spacial score (nSPS) is 10.3. The lowest BCUT2D eigenvalue weighted by molar-refractivity contribution is 0.425. The van der Waals surface area contributed by atoms with Crippen molar-refractivity contribution in [1.82, 2.24) is 15.1 Å². The molecule has 0 aliphatic rings. The predicted molar refractivity (Wildman–Crippen MR) is 55.3 cm³/mol. The summed E-state index contributed by atoms with van der Waals surface area (Å²) in [6, 6.07) is 2.41. The van der Waals surface area contributed by atoms with Crippen LogP contribution in [-0.4, -0.2) is 15.1 Å². The van der Waals surface area contributed by atoms with Gasteiger partial charge in [0.15, 0.2) is 5.82 Å². The monoisotopic (exact) mass is 204 g/mol. The van der Waals surface area contributed by atoms with E-state index in [1.165, 1.54) is 5.56 Å². The minimum absolute atomic E-state index is 0.441. The van der Waals surface area contributed by atoms with E-state index in [-0.39, 0.29) is 0 Å². The summed E-state index contributed by atoms with van der Waals surface area (Å²) in [5, 5.41) is 6.73. The molecule has 0 bridgehead atoms. The summed E-state index contributed by atoms with van der Waals surface area (Å²) in [5.41, 5.74) is 2.31. The Hall–Kier alpha value is -1.91. The number of anilines is 1. The van der Waals surface area contributed by atoms with Crippen molar-refractivity contribution in [3.05, 3.63) is 35.4 Å². The van der Waals surface area contributed by atoms with Gasteiger partial charge in [-0.1, -0.05) is 5.16 Å². The first-order valence-corrected chi connectivity index (χ1v) is 4.69. The van der Waals surface area contributed by atoms with Crippen LogP contribution in [0.25, 0.3) is 0 Å². The van der Waals surface area contributed by atoms with Gasteiger partial charge in [0.1, 0.15) is 0 Å². The largest absolute Gasteiger partial charge is 0.334 e. The SMILES string of the molecule is Cc1noc(NCc2cnccc2C)n1. The van der Waals surface area contributed by atoms with Gasteiger partial charge in [-0.05, 0) is 31.0 Å². The Kier molecular flexibility index (Phi) is 2.62. The van der Waals surface area contributed by atoms with Gasteiger partial charge in [0.05, 0.1) is 0 Å². The van der Waals surface area contributed by atoms with Crippen molar-refractivity contribution in [1.29, 1.82) is 0 Å². The molecule has 1 N–H and O–H groups in total. The Morgan fingerprint density at radius 1 is 1.40 bits per heavy atom. The lowest BCUT2D eigenvalue weighted by atomic mass is 10.2. The number of hydrogen-bond acceptors (Lipinski definition) is 5. The third kappa shape index (κ3) is 2.31. The number of nitrogens with one attached hydrogen (secondary N) is 1. The van der Waals surface area contributed by atoms with Crippen LogP contribution in [0.15, 0.2) is 23.0 Å². The summed E-state index contributed by atoms with van der Waals surface area (Å²) >= 11 is 0. The van der Waals surface area contributed by atoms with E-state index >= 15 is 0 Å². The Morgan fingerprint density at radius 2 is 2.27 bits per heavy atom. The predicted octanol–water partition coefficient (Wildman–Crippen LogP) is 1.69. The summed E-state index contributed by atoms with van der Waals surface area (Å²) in [6.07, 6.45) is 3.60. The van der Waals surface area contributed by atoms with Gasteiger partial charge >= 0.3 is 6.01 Å². The van der Waals surface area contributed by atoms with E-state index < -0.39 is 0 Å². The highest BCUT2D eigenvalue weighted by Gasteiger charge is 2.02. The Balaban J connectivity index is 2.02. The second-order valence-electron chi connectivity index (χ2n) is 3.30. The minimum Gasteiger partial charge on any atom is -0.334 e. The van der Waals surface area contributed by atoms with E-state index in [9.17, 15) is 0 Å². The smallest absolute Gasteiger partial charge is 0.321 e. The first-order chi connectivity index (χ1) is 7.25. The van der Waals surface area contributed by atoms with E-state index in [1.807, 2.05) is 19.2 Å². The molecule has 0 radical (unpaired) electrons. The van der Waals surface area contributed by atoms with Crippen LogP contribution in [0, 0.1) is 13.8 Å². The topological polar surface area (TPSA) is 63.8 Å². The number of pyridine rings is 1. The highest BCUT2D eigenvalue weighted by Crippen LogP contribution is 2.08. The molecular weight excluding hydrogens is 192 g/mol. The first kappa shape index (κ1) is 9.64. The van der Waals surface area contributed by atoms with Gasteiger partial charge in [0.2, 0.25) is 0 Å². The van der Waals surface area contributed by atoms with Crippen molar-refractivity contribution in [3.8, 4) is 0 Å². The number of nitrogens with zero attached hydrogens (tertiary/aromatic N) is 3. The van der Waals surface area contributed by atoms with Crippen molar-refractivity contribution in [2.45, 2.75) is 20.4 Å². The summed E-state index contributed by atoms with van der Waals surface area (Å²) < 4.78 is 4.93. The van der Waals surface area contributed by atoms with Crippen LogP contribution < -0.4 is 5.32 Å².